The summed E-state index contributed by atoms with van der Waals surface area (Å²) in [6, 6.07) is 0. The van der Waals surface area contributed by atoms with Crippen LogP contribution in [0.5, 0.6) is 0 Å². The summed E-state index contributed by atoms with van der Waals surface area (Å²) < 4.78 is 0. The van der Waals surface area contributed by atoms with Gasteiger partial charge >= 0.3 is 0 Å². The highest BCUT2D eigenvalue weighted by molar-refractivity contribution is 8.01. The number of rotatable bonds is 1. The lowest BCUT2D eigenvalue weighted by atomic mass is 9.60. The standard InChI is InChI=1S/C9H15PS/c10-8-2-1-5(8)6-3-9-7(6)4-11-9/h5-9H,1-4,10H2. The molecule has 2 saturated carbocycles. The highest BCUT2D eigenvalue weighted by Gasteiger charge is 2.53. The second kappa shape index (κ2) is 2.39. The van der Waals surface area contributed by atoms with E-state index >= 15 is 0 Å². The molecule has 0 spiro atoms. The van der Waals surface area contributed by atoms with Crippen molar-refractivity contribution >= 4 is 21.0 Å². The van der Waals surface area contributed by atoms with Gasteiger partial charge in [-0.2, -0.15) is 11.8 Å². The first kappa shape index (κ1) is 7.21. The van der Waals surface area contributed by atoms with Gasteiger partial charge in [0, 0.05) is 5.25 Å². The number of fused-ring (bicyclic) bond motifs is 1. The molecule has 0 bridgehead atoms. The Morgan fingerprint density at radius 3 is 2.27 bits per heavy atom. The maximum Gasteiger partial charge on any atom is 0.00889 e. The molecule has 6 atom stereocenters. The van der Waals surface area contributed by atoms with Crippen molar-refractivity contribution in [3.63, 3.8) is 0 Å². The summed E-state index contributed by atoms with van der Waals surface area (Å²) in [7, 11) is 3.04. The highest BCUT2D eigenvalue weighted by atomic mass is 32.2. The van der Waals surface area contributed by atoms with Crippen LogP contribution in [0.1, 0.15) is 19.3 Å². The van der Waals surface area contributed by atoms with E-state index in [0.717, 1.165) is 28.7 Å². The van der Waals surface area contributed by atoms with Crippen LogP contribution < -0.4 is 0 Å². The first-order valence-corrected chi connectivity index (χ1v) is 6.45. The van der Waals surface area contributed by atoms with E-state index in [0.29, 0.717) is 0 Å². The molecule has 0 aromatic carbocycles. The van der Waals surface area contributed by atoms with Gasteiger partial charge in [-0.3, -0.25) is 0 Å². The molecule has 1 aliphatic heterocycles. The van der Waals surface area contributed by atoms with Gasteiger partial charge in [-0.25, -0.2) is 0 Å². The molecule has 0 amide bonds. The van der Waals surface area contributed by atoms with Crippen LogP contribution in [0.2, 0.25) is 0 Å². The van der Waals surface area contributed by atoms with Crippen LogP contribution in [-0.2, 0) is 0 Å². The molecule has 3 rings (SSSR count). The molecule has 2 heteroatoms. The molecule has 3 aliphatic rings. The lowest BCUT2D eigenvalue weighted by Crippen LogP contribution is -2.54. The molecule has 2 aliphatic carbocycles. The summed E-state index contributed by atoms with van der Waals surface area (Å²) >= 11 is 2.21. The second-order valence-electron chi connectivity index (χ2n) is 4.34. The topological polar surface area (TPSA) is 0 Å². The minimum Gasteiger partial charge on any atom is -0.158 e. The van der Waals surface area contributed by atoms with E-state index in [-0.39, 0.29) is 0 Å². The van der Waals surface area contributed by atoms with Crippen molar-refractivity contribution < 1.29 is 0 Å². The summed E-state index contributed by atoms with van der Waals surface area (Å²) in [6.07, 6.45) is 4.58. The van der Waals surface area contributed by atoms with E-state index in [2.05, 4.69) is 21.0 Å². The third-order valence-electron chi connectivity index (χ3n) is 3.97. The molecule has 62 valence electrons. The quantitative estimate of drug-likeness (QED) is 0.567. The molecule has 0 nitrogen and oxygen atoms in total. The van der Waals surface area contributed by atoms with Crippen molar-refractivity contribution in [3.05, 3.63) is 0 Å². The van der Waals surface area contributed by atoms with Crippen molar-refractivity contribution in [3.8, 4) is 0 Å². The van der Waals surface area contributed by atoms with E-state index in [4.69, 9.17) is 0 Å². The first-order valence-electron chi connectivity index (χ1n) is 4.73. The molecular weight excluding hydrogens is 171 g/mol. The average Bonchev–Trinajstić information content (AvgIpc) is 1.95. The predicted octanol–water partition coefficient (Wildman–Crippen LogP) is 2.39. The summed E-state index contributed by atoms with van der Waals surface area (Å²) in [5.41, 5.74) is 0.992. The Morgan fingerprint density at radius 2 is 2.00 bits per heavy atom. The largest absolute Gasteiger partial charge is 0.158 e. The summed E-state index contributed by atoms with van der Waals surface area (Å²) in [5, 5.41) is 1.11. The molecule has 1 saturated heterocycles. The Balaban J connectivity index is 1.63. The van der Waals surface area contributed by atoms with Crippen LogP contribution >= 0.6 is 21.0 Å². The molecule has 0 aromatic rings. The number of hydrogen-bond acceptors (Lipinski definition) is 1. The molecule has 11 heavy (non-hydrogen) atoms. The van der Waals surface area contributed by atoms with Crippen molar-refractivity contribution in [2.75, 3.05) is 5.75 Å². The monoisotopic (exact) mass is 186 g/mol. The Hall–Kier alpha value is 0.780. The van der Waals surface area contributed by atoms with Gasteiger partial charge in [0.15, 0.2) is 0 Å². The minimum atomic E-state index is 0.992. The Kier molecular flexibility index (Phi) is 1.56. The minimum absolute atomic E-state index is 0.992. The zero-order valence-electron chi connectivity index (χ0n) is 6.70. The zero-order valence-corrected chi connectivity index (χ0v) is 8.67. The van der Waals surface area contributed by atoms with Gasteiger partial charge in [-0.1, -0.05) is 0 Å². The van der Waals surface area contributed by atoms with E-state index in [1.54, 1.807) is 6.42 Å². The van der Waals surface area contributed by atoms with Crippen molar-refractivity contribution in [2.24, 2.45) is 17.8 Å². The molecule has 3 fully saturated rings. The fraction of sp³-hybridized carbons (Fsp3) is 1.00. The van der Waals surface area contributed by atoms with E-state index < -0.39 is 0 Å². The normalized spacial score (nSPS) is 60.3. The predicted molar refractivity (Wildman–Crippen MR) is 54.1 cm³/mol. The van der Waals surface area contributed by atoms with Crippen molar-refractivity contribution in [1.82, 2.24) is 0 Å². The molecular formula is C9H15PS. The third-order valence-corrected chi connectivity index (χ3v) is 6.34. The van der Waals surface area contributed by atoms with Gasteiger partial charge in [0.1, 0.15) is 0 Å². The fourth-order valence-corrected chi connectivity index (χ4v) is 4.97. The summed E-state index contributed by atoms with van der Waals surface area (Å²) in [6.45, 7) is 0. The van der Waals surface area contributed by atoms with Crippen LogP contribution in [0, 0.1) is 17.8 Å². The fourth-order valence-electron chi connectivity index (χ4n) is 2.81. The van der Waals surface area contributed by atoms with Crippen LogP contribution in [0.4, 0.5) is 0 Å². The molecule has 0 N–H and O–H groups in total. The van der Waals surface area contributed by atoms with Crippen LogP contribution in [0.25, 0.3) is 0 Å². The number of thioether (sulfide) groups is 1. The van der Waals surface area contributed by atoms with Crippen LogP contribution in [0.15, 0.2) is 0 Å². The lowest BCUT2D eigenvalue weighted by Gasteiger charge is -2.58. The Morgan fingerprint density at radius 1 is 1.09 bits per heavy atom. The summed E-state index contributed by atoms with van der Waals surface area (Å²) in [5.74, 6) is 4.91. The van der Waals surface area contributed by atoms with Gasteiger partial charge < -0.3 is 0 Å². The first-order chi connectivity index (χ1) is 5.36. The van der Waals surface area contributed by atoms with Crippen molar-refractivity contribution in [1.29, 1.82) is 0 Å². The van der Waals surface area contributed by atoms with Crippen LogP contribution in [0.3, 0.4) is 0 Å². The van der Waals surface area contributed by atoms with Gasteiger partial charge in [-0.05, 0) is 48.4 Å². The smallest absolute Gasteiger partial charge is 0.00889 e. The Labute approximate surface area is 75.1 Å². The molecule has 1 heterocycles. The molecule has 6 unspecified atom stereocenters. The highest BCUT2D eigenvalue weighted by Crippen LogP contribution is 2.59. The number of hydrogen-bond donors (Lipinski definition) is 0. The average molecular weight is 186 g/mol. The zero-order chi connectivity index (χ0) is 7.42. The van der Waals surface area contributed by atoms with Crippen LogP contribution in [-0.4, -0.2) is 16.7 Å². The second-order valence-corrected chi connectivity index (χ2v) is 6.47. The van der Waals surface area contributed by atoms with Gasteiger partial charge in [0.2, 0.25) is 0 Å². The lowest BCUT2D eigenvalue weighted by molar-refractivity contribution is 0.0714. The SMILES string of the molecule is PC1CCC1C1CC2SCC21. The molecule has 0 radical (unpaired) electrons. The third kappa shape index (κ3) is 0.877. The van der Waals surface area contributed by atoms with Crippen molar-refractivity contribution in [2.45, 2.75) is 30.2 Å². The maximum atomic E-state index is 3.04. The van der Waals surface area contributed by atoms with Gasteiger partial charge in [-0.15, -0.1) is 9.24 Å². The van der Waals surface area contributed by atoms with Gasteiger partial charge in [0.05, 0.1) is 0 Å². The molecule has 0 aromatic heterocycles. The maximum absolute atomic E-state index is 3.04. The Bertz CT molecular complexity index is 182. The van der Waals surface area contributed by atoms with Gasteiger partial charge in [0.25, 0.3) is 0 Å². The van der Waals surface area contributed by atoms with E-state index in [1.807, 2.05) is 0 Å². The summed E-state index contributed by atoms with van der Waals surface area (Å²) in [4.78, 5) is 0. The van der Waals surface area contributed by atoms with E-state index in [1.165, 1.54) is 18.6 Å². The van der Waals surface area contributed by atoms with E-state index in [9.17, 15) is 0 Å².